The van der Waals surface area contributed by atoms with Gasteiger partial charge in [-0.3, -0.25) is 15.1 Å². The minimum atomic E-state index is -4.50. The van der Waals surface area contributed by atoms with Crippen LogP contribution in [0.4, 0.5) is 13.2 Å². The van der Waals surface area contributed by atoms with Crippen LogP contribution in [0.25, 0.3) is 11.4 Å². The number of alkyl halides is 3. The summed E-state index contributed by atoms with van der Waals surface area (Å²) in [5.41, 5.74) is 5.29. The van der Waals surface area contributed by atoms with Crippen molar-refractivity contribution >= 4 is 17.5 Å². The molecule has 1 amide bonds. The molecule has 2 unspecified atom stereocenters. The SMILES string of the molecule is COc1ccccc1C(CCOC(N)O)NC(=O)Cn1nc(-c2ccc(Cl)cc2)n(CCC(F)(F)F)c1=O. The van der Waals surface area contributed by atoms with E-state index in [2.05, 4.69) is 10.4 Å². The van der Waals surface area contributed by atoms with Crippen LogP contribution in [-0.2, 0) is 22.6 Å². The van der Waals surface area contributed by atoms with Gasteiger partial charge in [-0.1, -0.05) is 29.8 Å². The molecule has 206 valence electrons. The highest BCUT2D eigenvalue weighted by molar-refractivity contribution is 6.30. The average molecular weight is 558 g/mol. The van der Waals surface area contributed by atoms with Gasteiger partial charge in [0.1, 0.15) is 12.3 Å². The van der Waals surface area contributed by atoms with E-state index in [1.165, 1.54) is 31.4 Å². The van der Waals surface area contributed by atoms with Gasteiger partial charge in [0, 0.05) is 22.7 Å². The molecule has 14 heteroatoms. The lowest BCUT2D eigenvalue weighted by Gasteiger charge is -2.21. The quantitative estimate of drug-likeness (QED) is 0.292. The highest BCUT2D eigenvalue weighted by Crippen LogP contribution is 2.27. The highest BCUT2D eigenvalue weighted by Gasteiger charge is 2.29. The van der Waals surface area contributed by atoms with Gasteiger partial charge in [-0.05, 0) is 36.8 Å². The first kappa shape index (κ1) is 29.2. The summed E-state index contributed by atoms with van der Waals surface area (Å²) in [5, 5.41) is 16.5. The first-order valence-electron chi connectivity index (χ1n) is 11.5. The van der Waals surface area contributed by atoms with Gasteiger partial charge in [-0.2, -0.15) is 13.2 Å². The van der Waals surface area contributed by atoms with Crippen LogP contribution in [0, 0.1) is 0 Å². The highest BCUT2D eigenvalue weighted by atomic mass is 35.5. The van der Waals surface area contributed by atoms with Gasteiger partial charge in [-0.25, -0.2) is 9.48 Å². The largest absolute Gasteiger partial charge is 0.496 e. The number of aliphatic hydroxyl groups excluding tert-OH is 1. The number of nitrogens with two attached hydrogens (primary N) is 1. The van der Waals surface area contributed by atoms with E-state index in [4.69, 9.17) is 26.8 Å². The van der Waals surface area contributed by atoms with Gasteiger partial charge in [0.25, 0.3) is 0 Å². The van der Waals surface area contributed by atoms with Crippen LogP contribution in [-0.4, -0.2) is 51.7 Å². The Morgan fingerprint density at radius 1 is 1.21 bits per heavy atom. The van der Waals surface area contributed by atoms with E-state index >= 15 is 0 Å². The van der Waals surface area contributed by atoms with Gasteiger partial charge in [0.05, 0.1) is 26.2 Å². The molecule has 0 aliphatic carbocycles. The smallest absolute Gasteiger partial charge is 0.390 e. The number of hydrogen-bond acceptors (Lipinski definition) is 7. The van der Waals surface area contributed by atoms with Crippen molar-refractivity contribution in [1.29, 1.82) is 0 Å². The van der Waals surface area contributed by atoms with Crippen molar-refractivity contribution < 1.29 is 32.5 Å². The van der Waals surface area contributed by atoms with Crippen LogP contribution < -0.4 is 21.5 Å². The molecule has 2 aromatic carbocycles. The molecule has 1 heterocycles. The van der Waals surface area contributed by atoms with Crippen molar-refractivity contribution in [1.82, 2.24) is 19.7 Å². The molecule has 0 saturated heterocycles. The number of benzene rings is 2. The summed E-state index contributed by atoms with van der Waals surface area (Å²) in [6.07, 6.45) is -7.08. The minimum Gasteiger partial charge on any atom is -0.496 e. The molecule has 2 atom stereocenters. The average Bonchev–Trinajstić information content (AvgIpc) is 3.16. The minimum absolute atomic E-state index is 0.0204. The van der Waals surface area contributed by atoms with Crippen LogP contribution in [0.1, 0.15) is 24.4 Å². The number of aliphatic hydroxyl groups is 1. The number of carbonyl (C=O) groups excluding carboxylic acids is 1. The fraction of sp³-hybridized carbons (Fsp3) is 0.375. The van der Waals surface area contributed by atoms with Gasteiger partial charge in [0.15, 0.2) is 5.82 Å². The molecule has 3 aromatic rings. The van der Waals surface area contributed by atoms with E-state index in [9.17, 15) is 27.9 Å². The normalized spacial score (nSPS) is 13.2. The maximum atomic E-state index is 13.0. The molecule has 0 aliphatic rings. The Kier molecular flexibility index (Phi) is 9.91. The lowest BCUT2D eigenvalue weighted by Crippen LogP contribution is -2.36. The van der Waals surface area contributed by atoms with Crippen molar-refractivity contribution in [3.63, 3.8) is 0 Å². The van der Waals surface area contributed by atoms with Crippen molar-refractivity contribution in [2.24, 2.45) is 5.73 Å². The molecule has 0 aliphatic heterocycles. The Morgan fingerprint density at radius 2 is 1.89 bits per heavy atom. The summed E-state index contributed by atoms with van der Waals surface area (Å²) in [7, 11) is 1.46. The van der Waals surface area contributed by atoms with Crippen molar-refractivity contribution in [3.05, 3.63) is 69.6 Å². The third-order valence-corrected chi connectivity index (χ3v) is 5.73. The van der Waals surface area contributed by atoms with Crippen LogP contribution in [0.5, 0.6) is 5.75 Å². The van der Waals surface area contributed by atoms with E-state index in [1.54, 1.807) is 24.3 Å². The summed E-state index contributed by atoms with van der Waals surface area (Å²) in [6.45, 7) is -1.26. The van der Waals surface area contributed by atoms with Gasteiger partial charge in [0.2, 0.25) is 12.3 Å². The summed E-state index contributed by atoms with van der Waals surface area (Å²) in [4.78, 5) is 26.0. The predicted molar refractivity (Wildman–Crippen MR) is 132 cm³/mol. The maximum absolute atomic E-state index is 13.0. The van der Waals surface area contributed by atoms with Gasteiger partial charge < -0.3 is 19.9 Å². The Morgan fingerprint density at radius 3 is 2.53 bits per heavy atom. The zero-order valence-electron chi connectivity index (χ0n) is 20.3. The standard InChI is InChI=1S/C24H27ClF3N5O5/c1-37-19-5-3-2-4-17(19)18(10-13-38-22(29)35)30-20(34)14-33-23(36)32(12-11-24(26,27)28)21(31-33)15-6-8-16(25)9-7-15/h2-9,18,22,35H,10-14,29H2,1H3,(H,30,34). The molecular formula is C24H27ClF3N5O5. The number of amides is 1. The monoisotopic (exact) mass is 557 g/mol. The first-order chi connectivity index (χ1) is 18.0. The second-order valence-corrected chi connectivity index (χ2v) is 8.64. The Bertz CT molecular complexity index is 1280. The van der Waals surface area contributed by atoms with Crippen molar-refractivity contribution in [3.8, 4) is 17.1 Å². The Labute approximate surface area is 220 Å². The fourth-order valence-corrected chi connectivity index (χ4v) is 3.87. The van der Waals surface area contributed by atoms with Crippen LogP contribution in [0.2, 0.25) is 5.02 Å². The number of hydrogen-bond donors (Lipinski definition) is 3. The number of para-hydroxylation sites is 1. The van der Waals surface area contributed by atoms with E-state index in [0.29, 0.717) is 21.9 Å². The fourth-order valence-electron chi connectivity index (χ4n) is 3.74. The number of carbonyl (C=O) groups is 1. The molecule has 0 radical (unpaired) electrons. The Hall–Kier alpha value is -3.39. The lowest BCUT2D eigenvalue weighted by atomic mass is 10.0. The molecule has 38 heavy (non-hydrogen) atoms. The Balaban J connectivity index is 1.87. The molecular weight excluding hydrogens is 531 g/mol. The summed E-state index contributed by atoms with van der Waals surface area (Å²) >= 11 is 5.90. The van der Waals surface area contributed by atoms with Crippen molar-refractivity contribution in [2.45, 2.75) is 44.6 Å². The number of nitrogens with one attached hydrogen (secondary N) is 1. The topological polar surface area (TPSA) is 134 Å². The predicted octanol–water partition coefficient (Wildman–Crippen LogP) is 2.83. The summed E-state index contributed by atoms with van der Waals surface area (Å²) in [5.74, 6) is -0.195. The third-order valence-electron chi connectivity index (χ3n) is 5.48. The van der Waals surface area contributed by atoms with E-state index < -0.39 is 49.7 Å². The number of aromatic nitrogens is 3. The summed E-state index contributed by atoms with van der Waals surface area (Å²) in [6, 6.07) is 12.3. The summed E-state index contributed by atoms with van der Waals surface area (Å²) < 4.78 is 50.8. The molecule has 0 saturated carbocycles. The zero-order valence-corrected chi connectivity index (χ0v) is 21.1. The van der Waals surface area contributed by atoms with E-state index in [1.807, 2.05) is 0 Å². The number of halogens is 4. The number of nitrogens with zero attached hydrogens (tertiary/aromatic N) is 3. The molecule has 0 fully saturated rings. The number of ether oxygens (including phenoxy) is 2. The van der Waals surface area contributed by atoms with Gasteiger partial charge >= 0.3 is 11.9 Å². The molecule has 10 nitrogen and oxygen atoms in total. The zero-order chi connectivity index (χ0) is 27.9. The lowest BCUT2D eigenvalue weighted by molar-refractivity contribution is -0.136. The third kappa shape index (κ3) is 8.05. The number of rotatable bonds is 12. The molecule has 4 N–H and O–H groups in total. The molecule has 0 spiro atoms. The van der Waals surface area contributed by atoms with Crippen molar-refractivity contribution in [2.75, 3.05) is 13.7 Å². The van der Waals surface area contributed by atoms with E-state index in [0.717, 1.165) is 9.25 Å². The second kappa shape index (κ2) is 12.9. The van der Waals surface area contributed by atoms with Crippen LogP contribution in [0.3, 0.4) is 0 Å². The molecule has 1 aromatic heterocycles. The first-order valence-corrected chi connectivity index (χ1v) is 11.8. The molecule has 3 rings (SSSR count). The van der Waals surface area contributed by atoms with Gasteiger partial charge in [-0.15, -0.1) is 5.10 Å². The second-order valence-electron chi connectivity index (χ2n) is 8.20. The van der Waals surface area contributed by atoms with Crippen LogP contribution >= 0.6 is 11.6 Å². The number of methoxy groups -OCH3 is 1. The maximum Gasteiger partial charge on any atom is 0.390 e. The molecule has 0 bridgehead atoms. The van der Waals surface area contributed by atoms with Crippen LogP contribution in [0.15, 0.2) is 53.3 Å². The van der Waals surface area contributed by atoms with E-state index in [-0.39, 0.29) is 18.9 Å².